The molecule has 7 nitrogen and oxygen atoms in total. The number of nitrogens with zero attached hydrogens (tertiary/aromatic N) is 3. The van der Waals surface area contributed by atoms with Crippen LogP contribution in [0.15, 0.2) is 50.8 Å². The van der Waals surface area contributed by atoms with Crippen LogP contribution in [0.2, 0.25) is 0 Å². The summed E-state index contributed by atoms with van der Waals surface area (Å²) in [4.78, 5) is 33.7. The van der Waals surface area contributed by atoms with Crippen LogP contribution in [0.1, 0.15) is 49.0 Å². The number of thioether (sulfide) groups is 1. The van der Waals surface area contributed by atoms with Gasteiger partial charge in [0.25, 0.3) is 11.5 Å². The molecule has 0 atom stereocenters. The van der Waals surface area contributed by atoms with Crippen molar-refractivity contribution in [1.29, 1.82) is 0 Å². The number of thiocarbonyl (C=S) groups is 1. The Kier molecular flexibility index (Phi) is 6.07. The Bertz CT molecular complexity index is 1310. The largest absolute Gasteiger partial charge is 0.467 e. The summed E-state index contributed by atoms with van der Waals surface area (Å²) in [5.74, 6) is 1.01. The second-order valence-electron chi connectivity index (χ2n) is 8.34. The first-order valence-electron chi connectivity index (χ1n) is 11.1. The molecule has 1 aliphatic heterocycles. The Morgan fingerprint density at radius 1 is 1.24 bits per heavy atom. The predicted octanol–water partition coefficient (Wildman–Crippen LogP) is 4.74. The van der Waals surface area contributed by atoms with Crippen LogP contribution >= 0.6 is 24.0 Å². The van der Waals surface area contributed by atoms with Crippen LogP contribution in [0.25, 0.3) is 11.7 Å². The summed E-state index contributed by atoms with van der Waals surface area (Å²) in [5, 5.41) is 3.22. The Labute approximate surface area is 200 Å². The molecule has 1 amide bonds. The average Bonchev–Trinajstić information content (AvgIpc) is 3.43. The van der Waals surface area contributed by atoms with Gasteiger partial charge in [0.05, 0.1) is 23.3 Å². The van der Waals surface area contributed by atoms with Crippen LogP contribution in [-0.4, -0.2) is 30.6 Å². The summed E-state index contributed by atoms with van der Waals surface area (Å²) in [5.41, 5.74) is 1.53. The summed E-state index contributed by atoms with van der Waals surface area (Å²) in [6.45, 7) is 2.28. The fourth-order valence-electron chi connectivity index (χ4n) is 4.43. The van der Waals surface area contributed by atoms with E-state index in [2.05, 4.69) is 5.32 Å². The zero-order chi connectivity index (χ0) is 22.9. The number of fused-ring (bicyclic) bond motifs is 1. The molecule has 3 aromatic rings. The van der Waals surface area contributed by atoms with Crippen molar-refractivity contribution in [2.75, 3.05) is 5.32 Å². The SMILES string of the molecule is Cc1cccn2c(=O)c(/C=C3\SC(=S)N(C4CCCCC4)C3=O)c(NCc3ccco3)nc12. The molecule has 2 fully saturated rings. The fourth-order valence-corrected chi connectivity index (χ4v) is 5.81. The minimum absolute atomic E-state index is 0.123. The van der Waals surface area contributed by atoms with Gasteiger partial charge in [-0.2, -0.15) is 0 Å². The molecule has 2 aliphatic rings. The standard InChI is InChI=1S/C24H24N4O3S2/c1-15-7-5-11-27-21(15)26-20(25-14-17-10-6-12-31-17)18(22(27)29)13-19-23(30)28(24(32)33-19)16-8-3-2-4-9-16/h5-7,10-13,16,25H,2-4,8-9,14H2,1H3/b19-13-. The van der Waals surface area contributed by atoms with Gasteiger partial charge in [-0.15, -0.1) is 0 Å². The molecule has 4 heterocycles. The lowest BCUT2D eigenvalue weighted by molar-refractivity contribution is -0.124. The van der Waals surface area contributed by atoms with Gasteiger partial charge in [0, 0.05) is 12.2 Å². The number of rotatable bonds is 5. The van der Waals surface area contributed by atoms with Gasteiger partial charge >= 0.3 is 0 Å². The first-order valence-corrected chi connectivity index (χ1v) is 12.3. The number of carbonyl (C=O) groups excluding carboxylic acids is 1. The fraction of sp³-hybridized carbons (Fsp3) is 0.333. The van der Waals surface area contributed by atoms with Gasteiger partial charge in [0.15, 0.2) is 0 Å². The molecule has 170 valence electrons. The van der Waals surface area contributed by atoms with Crippen LogP contribution < -0.4 is 10.9 Å². The van der Waals surface area contributed by atoms with E-state index in [1.54, 1.807) is 29.5 Å². The first-order chi connectivity index (χ1) is 16.0. The predicted molar refractivity (Wildman–Crippen MR) is 134 cm³/mol. The van der Waals surface area contributed by atoms with E-state index in [-0.39, 0.29) is 17.5 Å². The number of carbonyl (C=O) groups is 1. The summed E-state index contributed by atoms with van der Waals surface area (Å²) in [7, 11) is 0. The van der Waals surface area contributed by atoms with Gasteiger partial charge in [-0.1, -0.05) is 49.3 Å². The minimum atomic E-state index is -0.242. The third kappa shape index (κ3) is 4.22. The number of pyridine rings is 1. The second kappa shape index (κ2) is 9.15. The molecule has 1 saturated heterocycles. The van der Waals surface area contributed by atoms with Gasteiger partial charge in [-0.25, -0.2) is 4.98 Å². The molecular weight excluding hydrogens is 456 g/mol. The molecule has 9 heteroatoms. The van der Waals surface area contributed by atoms with E-state index in [1.807, 2.05) is 25.1 Å². The number of hydrogen-bond acceptors (Lipinski definition) is 7. The van der Waals surface area contributed by atoms with Gasteiger partial charge < -0.3 is 9.73 Å². The molecule has 0 spiro atoms. The average molecular weight is 481 g/mol. The van der Waals surface area contributed by atoms with Crippen molar-refractivity contribution >= 4 is 51.7 Å². The lowest BCUT2D eigenvalue weighted by Crippen LogP contribution is -2.39. The number of hydrogen-bond donors (Lipinski definition) is 1. The van der Waals surface area contributed by atoms with Crippen molar-refractivity contribution in [2.45, 2.75) is 51.6 Å². The molecule has 0 unspecified atom stereocenters. The van der Waals surface area contributed by atoms with Crippen molar-refractivity contribution in [3.63, 3.8) is 0 Å². The number of amides is 1. The van der Waals surface area contributed by atoms with Crippen LogP contribution in [0.3, 0.4) is 0 Å². The number of nitrogens with one attached hydrogen (secondary N) is 1. The van der Waals surface area contributed by atoms with E-state index in [4.69, 9.17) is 21.6 Å². The van der Waals surface area contributed by atoms with E-state index in [0.29, 0.717) is 32.8 Å². The third-order valence-electron chi connectivity index (χ3n) is 6.13. The van der Waals surface area contributed by atoms with E-state index < -0.39 is 0 Å². The van der Waals surface area contributed by atoms with Crippen molar-refractivity contribution in [1.82, 2.24) is 14.3 Å². The van der Waals surface area contributed by atoms with E-state index in [0.717, 1.165) is 37.0 Å². The Balaban J connectivity index is 1.56. The molecule has 33 heavy (non-hydrogen) atoms. The van der Waals surface area contributed by atoms with Gasteiger partial charge in [0.2, 0.25) is 0 Å². The molecule has 3 aromatic heterocycles. The third-order valence-corrected chi connectivity index (χ3v) is 7.46. The Hall–Kier alpha value is -2.91. The smallest absolute Gasteiger partial charge is 0.267 e. The monoisotopic (exact) mass is 480 g/mol. The van der Waals surface area contributed by atoms with Gasteiger partial charge in [0.1, 0.15) is 21.5 Å². The van der Waals surface area contributed by atoms with Crippen molar-refractivity contribution in [3.8, 4) is 0 Å². The van der Waals surface area contributed by atoms with Crippen LogP contribution in [0.4, 0.5) is 5.82 Å². The molecule has 1 saturated carbocycles. The summed E-state index contributed by atoms with van der Waals surface area (Å²) in [6, 6.07) is 7.52. The van der Waals surface area contributed by atoms with E-state index in [9.17, 15) is 9.59 Å². The highest BCUT2D eigenvalue weighted by molar-refractivity contribution is 8.26. The van der Waals surface area contributed by atoms with Crippen LogP contribution in [0, 0.1) is 6.92 Å². The topological polar surface area (TPSA) is 79.9 Å². The number of aromatic nitrogens is 2. The van der Waals surface area contributed by atoms with Crippen molar-refractivity contribution in [3.05, 3.63) is 68.9 Å². The lowest BCUT2D eigenvalue weighted by Gasteiger charge is -2.29. The van der Waals surface area contributed by atoms with Crippen molar-refractivity contribution in [2.24, 2.45) is 0 Å². The maximum absolute atomic E-state index is 13.5. The van der Waals surface area contributed by atoms with Crippen molar-refractivity contribution < 1.29 is 9.21 Å². The van der Waals surface area contributed by atoms with Crippen LogP contribution in [-0.2, 0) is 11.3 Å². The second-order valence-corrected chi connectivity index (χ2v) is 10.0. The maximum Gasteiger partial charge on any atom is 0.267 e. The van der Waals surface area contributed by atoms with Gasteiger partial charge in [-0.3, -0.25) is 18.9 Å². The number of furan rings is 1. The maximum atomic E-state index is 13.5. The molecule has 0 radical (unpaired) electrons. The lowest BCUT2D eigenvalue weighted by atomic mass is 9.94. The minimum Gasteiger partial charge on any atom is -0.467 e. The quantitative estimate of drug-likeness (QED) is 0.417. The molecule has 0 bridgehead atoms. The molecular formula is C24H24N4O3S2. The number of anilines is 1. The molecule has 0 aromatic carbocycles. The van der Waals surface area contributed by atoms with E-state index in [1.165, 1.54) is 22.6 Å². The highest BCUT2D eigenvalue weighted by Gasteiger charge is 2.37. The molecule has 1 aliphatic carbocycles. The first kappa shape index (κ1) is 21.9. The zero-order valence-corrected chi connectivity index (χ0v) is 19.9. The normalized spacial score (nSPS) is 18.6. The van der Waals surface area contributed by atoms with Crippen LogP contribution in [0.5, 0.6) is 0 Å². The summed E-state index contributed by atoms with van der Waals surface area (Å²) >= 11 is 6.82. The van der Waals surface area contributed by atoms with Gasteiger partial charge in [-0.05, 0) is 49.6 Å². The highest BCUT2D eigenvalue weighted by Crippen LogP contribution is 2.37. The molecule has 5 rings (SSSR count). The number of aryl methyl sites for hydroxylation is 1. The molecule has 1 N–H and O–H groups in total. The highest BCUT2D eigenvalue weighted by atomic mass is 32.2. The van der Waals surface area contributed by atoms with E-state index >= 15 is 0 Å². The summed E-state index contributed by atoms with van der Waals surface area (Å²) in [6.07, 6.45) is 10.3. The summed E-state index contributed by atoms with van der Waals surface area (Å²) < 4.78 is 7.49. The Morgan fingerprint density at radius 3 is 2.82 bits per heavy atom. The Morgan fingerprint density at radius 2 is 2.06 bits per heavy atom. The zero-order valence-electron chi connectivity index (χ0n) is 18.2.